The Labute approximate surface area is 91.4 Å². The highest BCUT2D eigenvalue weighted by Gasteiger charge is 2.04. The van der Waals surface area contributed by atoms with Gasteiger partial charge in [-0.25, -0.2) is 4.79 Å². The molecule has 1 amide bonds. The van der Waals surface area contributed by atoms with E-state index in [0.29, 0.717) is 16.8 Å². The highest BCUT2D eigenvalue weighted by molar-refractivity contribution is 5.85. The lowest BCUT2D eigenvalue weighted by Gasteiger charge is -2.07. The van der Waals surface area contributed by atoms with Crippen LogP contribution in [0.3, 0.4) is 0 Å². The maximum Gasteiger partial charge on any atom is 0.409 e. The number of anilines is 1. The SMILES string of the molecule is Cc1c(C=C[N+](=O)[O-])cccc1NC(=O)O. The van der Waals surface area contributed by atoms with E-state index in [1.165, 1.54) is 6.08 Å². The van der Waals surface area contributed by atoms with E-state index >= 15 is 0 Å². The molecule has 2 N–H and O–H groups in total. The third-order valence-corrected chi connectivity index (χ3v) is 1.99. The Hall–Kier alpha value is -2.37. The molecule has 0 fully saturated rings. The van der Waals surface area contributed by atoms with Crippen molar-refractivity contribution in [2.45, 2.75) is 6.92 Å². The lowest BCUT2D eigenvalue weighted by molar-refractivity contribution is -0.400. The van der Waals surface area contributed by atoms with Crippen LogP contribution in [0.15, 0.2) is 24.4 Å². The van der Waals surface area contributed by atoms with Gasteiger partial charge in [0.15, 0.2) is 0 Å². The van der Waals surface area contributed by atoms with Crippen molar-refractivity contribution in [3.05, 3.63) is 45.6 Å². The van der Waals surface area contributed by atoms with E-state index in [2.05, 4.69) is 5.32 Å². The minimum absolute atomic E-state index is 0.415. The number of carbonyl (C=O) groups is 1. The van der Waals surface area contributed by atoms with Crippen molar-refractivity contribution in [2.75, 3.05) is 5.32 Å². The molecular formula is C10H10N2O4. The first-order valence-corrected chi connectivity index (χ1v) is 4.42. The molecule has 84 valence electrons. The zero-order valence-corrected chi connectivity index (χ0v) is 8.51. The van der Waals surface area contributed by atoms with Gasteiger partial charge in [0, 0.05) is 11.8 Å². The standard InChI is InChI=1S/C10H10N2O4/c1-7-8(5-6-12(15)16)3-2-4-9(7)11-10(13)14/h2-6,11H,1H3,(H,13,14). The largest absolute Gasteiger partial charge is 0.465 e. The molecule has 16 heavy (non-hydrogen) atoms. The molecule has 1 rings (SSSR count). The molecule has 0 atom stereocenters. The van der Waals surface area contributed by atoms with E-state index in [1.54, 1.807) is 25.1 Å². The van der Waals surface area contributed by atoms with Gasteiger partial charge in [-0.3, -0.25) is 15.4 Å². The molecule has 0 unspecified atom stereocenters. The monoisotopic (exact) mass is 222 g/mol. The number of hydrogen-bond donors (Lipinski definition) is 2. The number of hydrogen-bond acceptors (Lipinski definition) is 3. The molecule has 0 aliphatic heterocycles. The number of nitrogens with zero attached hydrogens (tertiary/aromatic N) is 1. The Morgan fingerprint density at radius 3 is 2.81 bits per heavy atom. The first-order valence-electron chi connectivity index (χ1n) is 4.42. The van der Waals surface area contributed by atoms with E-state index in [4.69, 9.17) is 5.11 Å². The van der Waals surface area contributed by atoms with Crippen LogP contribution in [0.4, 0.5) is 10.5 Å². The van der Waals surface area contributed by atoms with E-state index in [1.807, 2.05) is 0 Å². The second-order valence-corrected chi connectivity index (χ2v) is 3.05. The van der Waals surface area contributed by atoms with E-state index in [9.17, 15) is 14.9 Å². The normalized spacial score (nSPS) is 10.3. The van der Waals surface area contributed by atoms with Crippen molar-refractivity contribution < 1.29 is 14.8 Å². The quantitative estimate of drug-likeness (QED) is 0.606. The number of nitro groups is 1. The van der Waals surface area contributed by atoms with Crippen LogP contribution in [0.1, 0.15) is 11.1 Å². The summed E-state index contributed by atoms with van der Waals surface area (Å²) < 4.78 is 0. The summed E-state index contributed by atoms with van der Waals surface area (Å²) in [5.74, 6) is 0. The van der Waals surface area contributed by atoms with Gasteiger partial charge in [-0.05, 0) is 24.1 Å². The summed E-state index contributed by atoms with van der Waals surface area (Å²) in [5.41, 5.74) is 1.66. The van der Waals surface area contributed by atoms with Crippen LogP contribution in [0.2, 0.25) is 0 Å². The van der Waals surface area contributed by atoms with Gasteiger partial charge in [0.1, 0.15) is 0 Å². The molecule has 0 saturated heterocycles. The third-order valence-electron chi connectivity index (χ3n) is 1.99. The Morgan fingerprint density at radius 1 is 1.56 bits per heavy atom. The fourth-order valence-corrected chi connectivity index (χ4v) is 1.23. The van der Waals surface area contributed by atoms with Crippen molar-refractivity contribution in [3.63, 3.8) is 0 Å². The predicted octanol–water partition coefficient (Wildman–Crippen LogP) is 2.33. The van der Waals surface area contributed by atoms with Crippen molar-refractivity contribution in [1.29, 1.82) is 0 Å². The zero-order chi connectivity index (χ0) is 12.1. The van der Waals surface area contributed by atoms with Crippen molar-refractivity contribution in [2.24, 2.45) is 0 Å². The highest BCUT2D eigenvalue weighted by atomic mass is 16.6. The summed E-state index contributed by atoms with van der Waals surface area (Å²) in [4.78, 5) is 20.0. The Balaban J connectivity index is 3.03. The van der Waals surface area contributed by atoms with Crippen LogP contribution in [0, 0.1) is 17.0 Å². The molecule has 0 spiro atoms. The molecular weight excluding hydrogens is 212 g/mol. The van der Waals surface area contributed by atoms with Crippen LogP contribution in [-0.2, 0) is 0 Å². The summed E-state index contributed by atoms with van der Waals surface area (Å²) in [6.45, 7) is 1.69. The molecule has 1 aromatic carbocycles. The molecule has 6 nitrogen and oxygen atoms in total. The second kappa shape index (κ2) is 4.92. The average molecular weight is 222 g/mol. The maximum absolute atomic E-state index is 10.5. The summed E-state index contributed by atoms with van der Waals surface area (Å²) in [5, 5.41) is 20.9. The lowest BCUT2D eigenvalue weighted by atomic mass is 10.1. The molecule has 0 bridgehead atoms. The van der Waals surface area contributed by atoms with Crippen LogP contribution in [0.25, 0.3) is 6.08 Å². The fourth-order valence-electron chi connectivity index (χ4n) is 1.23. The minimum Gasteiger partial charge on any atom is -0.465 e. The number of nitrogens with one attached hydrogen (secondary N) is 1. The fraction of sp³-hybridized carbons (Fsp3) is 0.100. The van der Waals surface area contributed by atoms with Gasteiger partial charge < -0.3 is 5.11 Å². The lowest BCUT2D eigenvalue weighted by Crippen LogP contribution is -2.08. The van der Waals surface area contributed by atoms with Crippen LogP contribution >= 0.6 is 0 Å². The average Bonchev–Trinajstić information content (AvgIpc) is 2.18. The van der Waals surface area contributed by atoms with Gasteiger partial charge >= 0.3 is 6.09 Å². The summed E-state index contributed by atoms with van der Waals surface area (Å²) in [6, 6.07) is 4.88. The van der Waals surface area contributed by atoms with E-state index < -0.39 is 11.0 Å². The molecule has 0 saturated carbocycles. The van der Waals surface area contributed by atoms with Gasteiger partial charge in [0.05, 0.1) is 4.92 Å². The minimum atomic E-state index is -1.17. The zero-order valence-electron chi connectivity index (χ0n) is 8.51. The second-order valence-electron chi connectivity index (χ2n) is 3.05. The van der Waals surface area contributed by atoms with Gasteiger partial charge in [0.2, 0.25) is 6.20 Å². The van der Waals surface area contributed by atoms with Crippen LogP contribution in [0.5, 0.6) is 0 Å². The number of benzene rings is 1. The number of rotatable bonds is 3. The molecule has 1 aromatic rings. The number of amides is 1. The van der Waals surface area contributed by atoms with Crippen molar-refractivity contribution in [1.82, 2.24) is 0 Å². The van der Waals surface area contributed by atoms with E-state index in [0.717, 1.165) is 6.20 Å². The molecule has 0 aromatic heterocycles. The van der Waals surface area contributed by atoms with Gasteiger partial charge in [-0.15, -0.1) is 0 Å². The number of carboxylic acid groups (broad SMARTS) is 1. The third kappa shape index (κ3) is 3.09. The molecule has 0 heterocycles. The summed E-state index contributed by atoms with van der Waals surface area (Å²) in [6.07, 6.45) is 0.966. The highest BCUT2D eigenvalue weighted by Crippen LogP contribution is 2.19. The van der Waals surface area contributed by atoms with Crippen LogP contribution in [-0.4, -0.2) is 16.1 Å². The van der Waals surface area contributed by atoms with Gasteiger partial charge in [0.25, 0.3) is 0 Å². The Morgan fingerprint density at radius 2 is 2.25 bits per heavy atom. The smallest absolute Gasteiger partial charge is 0.409 e. The van der Waals surface area contributed by atoms with E-state index in [-0.39, 0.29) is 0 Å². The molecule has 0 aliphatic rings. The van der Waals surface area contributed by atoms with Crippen molar-refractivity contribution in [3.8, 4) is 0 Å². The molecule has 0 radical (unpaired) electrons. The van der Waals surface area contributed by atoms with Gasteiger partial charge in [-0.2, -0.15) is 0 Å². The maximum atomic E-state index is 10.5. The van der Waals surface area contributed by atoms with Gasteiger partial charge in [-0.1, -0.05) is 12.1 Å². The summed E-state index contributed by atoms with van der Waals surface area (Å²) >= 11 is 0. The predicted molar refractivity (Wildman–Crippen MR) is 58.9 cm³/mol. The Bertz CT molecular complexity index is 454. The van der Waals surface area contributed by atoms with Crippen LogP contribution < -0.4 is 5.32 Å². The Kier molecular flexibility index (Phi) is 3.60. The molecule has 6 heteroatoms. The topological polar surface area (TPSA) is 92.5 Å². The first kappa shape index (κ1) is 11.7. The molecule has 0 aliphatic carbocycles. The van der Waals surface area contributed by atoms with Crippen molar-refractivity contribution >= 4 is 17.9 Å². The first-order chi connectivity index (χ1) is 7.50. The summed E-state index contributed by atoms with van der Waals surface area (Å²) in [7, 11) is 0.